The fourth-order valence-corrected chi connectivity index (χ4v) is 2.64. The third-order valence-corrected chi connectivity index (χ3v) is 4.16. The molecule has 2 N–H and O–H groups in total. The van der Waals surface area contributed by atoms with Gasteiger partial charge in [0.15, 0.2) is 6.10 Å². The van der Waals surface area contributed by atoms with Crippen LogP contribution in [0.4, 0.5) is 0 Å². The Kier molecular flexibility index (Phi) is 7.01. The molecule has 25 heavy (non-hydrogen) atoms. The first-order valence-electron chi connectivity index (χ1n) is 8.01. The van der Waals surface area contributed by atoms with Crippen LogP contribution in [-0.2, 0) is 9.59 Å². The zero-order chi connectivity index (χ0) is 18.2. The highest BCUT2D eigenvalue weighted by molar-refractivity contribution is 9.10. The number of benzene rings is 2. The summed E-state index contributed by atoms with van der Waals surface area (Å²) in [6.45, 7) is 3.59. The molecule has 2 atom stereocenters. The van der Waals surface area contributed by atoms with Crippen LogP contribution in [-0.4, -0.2) is 17.9 Å². The van der Waals surface area contributed by atoms with Gasteiger partial charge in [-0.25, -0.2) is 0 Å². The summed E-state index contributed by atoms with van der Waals surface area (Å²) in [5, 5.41) is 0. The Morgan fingerprint density at radius 3 is 2.44 bits per heavy atom. The van der Waals surface area contributed by atoms with E-state index in [0.29, 0.717) is 5.75 Å². The smallest absolute Gasteiger partial charge is 0.279 e. The van der Waals surface area contributed by atoms with Gasteiger partial charge in [-0.1, -0.05) is 59.3 Å². The average Bonchev–Trinajstić information content (AvgIpc) is 2.60. The van der Waals surface area contributed by atoms with E-state index in [0.717, 1.165) is 10.0 Å². The van der Waals surface area contributed by atoms with Crippen molar-refractivity contribution in [3.8, 4) is 5.75 Å². The molecule has 132 valence electrons. The maximum Gasteiger partial charge on any atom is 0.279 e. The van der Waals surface area contributed by atoms with Crippen molar-refractivity contribution in [1.82, 2.24) is 10.9 Å². The van der Waals surface area contributed by atoms with E-state index in [2.05, 4.69) is 26.8 Å². The van der Waals surface area contributed by atoms with Crippen LogP contribution in [0.25, 0.3) is 0 Å². The van der Waals surface area contributed by atoms with Gasteiger partial charge in [-0.3, -0.25) is 20.4 Å². The van der Waals surface area contributed by atoms with E-state index < -0.39 is 12.0 Å². The molecular formula is C19H21BrN2O3. The molecule has 0 spiro atoms. The lowest BCUT2D eigenvalue weighted by atomic mass is 9.98. The Morgan fingerprint density at radius 2 is 1.76 bits per heavy atom. The van der Waals surface area contributed by atoms with Gasteiger partial charge in [0, 0.05) is 10.9 Å². The average molecular weight is 405 g/mol. The number of hydrogen-bond donors (Lipinski definition) is 2. The number of ether oxygens (including phenoxy) is 1. The van der Waals surface area contributed by atoms with E-state index >= 15 is 0 Å². The number of hydrogen-bond acceptors (Lipinski definition) is 3. The molecule has 0 bridgehead atoms. The lowest BCUT2D eigenvalue weighted by molar-refractivity contribution is -0.132. The van der Waals surface area contributed by atoms with Crippen molar-refractivity contribution < 1.29 is 14.3 Å². The van der Waals surface area contributed by atoms with E-state index in [4.69, 9.17) is 4.74 Å². The van der Waals surface area contributed by atoms with Gasteiger partial charge in [-0.2, -0.15) is 0 Å². The second-order valence-electron chi connectivity index (χ2n) is 5.77. The molecule has 5 nitrogen and oxygen atoms in total. The van der Waals surface area contributed by atoms with Gasteiger partial charge in [0.2, 0.25) is 5.91 Å². The van der Waals surface area contributed by atoms with Gasteiger partial charge >= 0.3 is 0 Å². The van der Waals surface area contributed by atoms with Crippen molar-refractivity contribution in [1.29, 1.82) is 0 Å². The van der Waals surface area contributed by atoms with Gasteiger partial charge < -0.3 is 4.74 Å². The molecule has 0 aliphatic rings. The highest BCUT2D eigenvalue weighted by Gasteiger charge is 2.16. The minimum Gasteiger partial charge on any atom is -0.481 e. The third kappa shape index (κ3) is 6.23. The van der Waals surface area contributed by atoms with Crippen LogP contribution in [0.3, 0.4) is 0 Å². The van der Waals surface area contributed by atoms with Gasteiger partial charge in [-0.05, 0) is 36.6 Å². The fraction of sp³-hybridized carbons (Fsp3) is 0.263. The monoisotopic (exact) mass is 404 g/mol. The number of halogens is 1. The molecule has 0 aliphatic heterocycles. The van der Waals surface area contributed by atoms with Crippen LogP contribution < -0.4 is 15.6 Å². The lowest BCUT2D eigenvalue weighted by Gasteiger charge is -2.16. The molecule has 2 amide bonds. The molecule has 6 heteroatoms. The molecule has 0 radical (unpaired) electrons. The van der Waals surface area contributed by atoms with Gasteiger partial charge in [-0.15, -0.1) is 0 Å². The second-order valence-corrected chi connectivity index (χ2v) is 6.69. The summed E-state index contributed by atoms with van der Waals surface area (Å²) in [6, 6.07) is 17.0. The second kappa shape index (κ2) is 9.22. The van der Waals surface area contributed by atoms with Crippen molar-refractivity contribution in [2.24, 2.45) is 0 Å². The van der Waals surface area contributed by atoms with Crippen LogP contribution in [0, 0.1) is 0 Å². The van der Waals surface area contributed by atoms with Crippen molar-refractivity contribution in [2.45, 2.75) is 32.3 Å². The van der Waals surface area contributed by atoms with E-state index in [1.54, 1.807) is 19.1 Å². The maximum absolute atomic E-state index is 12.0. The number of rotatable bonds is 6. The van der Waals surface area contributed by atoms with Crippen LogP contribution in [0.15, 0.2) is 59.1 Å². The first-order chi connectivity index (χ1) is 12.0. The topological polar surface area (TPSA) is 67.4 Å². The summed E-state index contributed by atoms with van der Waals surface area (Å²) >= 11 is 3.34. The maximum atomic E-state index is 12.0. The summed E-state index contributed by atoms with van der Waals surface area (Å²) < 4.78 is 6.41. The van der Waals surface area contributed by atoms with Crippen LogP contribution in [0.5, 0.6) is 5.75 Å². The molecule has 2 unspecified atom stereocenters. The van der Waals surface area contributed by atoms with Crippen molar-refractivity contribution in [3.05, 3.63) is 64.6 Å². The number of amides is 2. The number of carbonyl (C=O) groups excluding carboxylic acids is 2. The predicted octanol–water partition coefficient (Wildman–Crippen LogP) is 3.56. The molecule has 2 aromatic carbocycles. The minimum atomic E-state index is -0.735. The van der Waals surface area contributed by atoms with Gasteiger partial charge in [0.05, 0.1) is 0 Å². The van der Waals surface area contributed by atoms with E-state index in [9.17, 15) is 9.59 Å². The van der Waals surface area contributed by atoms with Gasteiger partial charge in [0.1, 0.15) is 5.75 Å². The Balaban J connectivity index is 1.77. The molecule has 0 saturated carbocycles. The Hall–Kier alpha value is -2.34. The minimum absolute atomic E-state index is 0.0634. The van der Waals surface area contributed by atoms with Crippen LogP contribution in [0.1, 0.15) is 31.7 Å². The van der Waals surface area contributed by atoms with Crippen molar-refractivity contribution in [2.75, 3.05) is 0 Å². The molecule has 0 fully saturated rings. The number of nitrogens with one attached hydrogen (secondary N) is 2. The Bertz CT molecular complexity index is 722. The molecule has 0 aliphatic carbocycles. The first-order valence-corrected chi connectivity index (χ1v) is 8.81. The molecule has 2 aromatic rings. The van der Waals surface area contributed by atoms with E-state index in [1.165, 1.54) is 0 Å². The zero-order valence-corrected chi connectivity index (χ0v) is 15.7. The lowest BCUT2D eigenvalue weighted by Crippen LogP contribution is -2.47. The van der Waals surface area contributed by atoms with Crippen molar-refractivity contribution in [3.63, 3.8) is 0 Å². The summed E-state index contributed by atoms with van der Waals surface area (Å²) in [5.41, 5.74) is 5.91. The van der Waals surface area contributed by atoms with Crippen LogP contribution >= 0.6 is 15.9 Å². The fourth-order valence-electron chi connectivity index (χ4n) is 2.26. The molecule has 0 saturated heterocycles. The highest BCUT2D eigenvalue weighted by Crippen LogP contribution is 2.19. The SMILES string of the molecule is CC(Oc1cccc(Br)c1)C(=O)NNC(=O)CC(C)c1ccccc1. The van der Waals surface area contributed by atoms with E-state index in [1.807, 2.05) is 49.4 Å². The molecule has 2 rings (SSSR count). The number of carbonyl (C=O) groups is 2. The van der Waals surface area contributed by atoms with Crippen LogP contribution in [0.2, 0.25) is 0 Å². The quantitative estimate of drug-likeness (QED) is 0.723. The Morgan fingerprint density at radius 1 is 1.04 bits per heavy atom. The molecule has 0 aromatic heterocycles. The molecular weight excluding hydrogens is 384 g/mol. The highest BCUT2D eigenvalue weighted by atomic mass is 79.9. The molecule has 0 heterocycles. The van der Waals surface area contributed by atoms with E-state index in [-0.39, 0.29) is 18.2 Å². The summed E-state index contributed by atoms with van der Waals surface area (Å²) in [4.78, 5) is 24.0. The normalized spacial score (nSPS) is 12.8. The summed E-state index contributed by atoms with van der Waals surface area (Å²) in [7, 11) is 0. The Labute approximate surface area is 155 Å². The largest absolute Gasteiger partial charge is 0.481 e. The first kappa shape index (κ1) is 19.0. The standard InChI is InChI=1S/C19H21BrN2O3/c1-13(15-7-4-3-5-8-15)11-18(23)21-22-19(24)14(2)25-17-10-6-9-16(20)12-17/h3-10,12-14H,11H2,1-2H3,(H,21,23)(H,22,24). The zero-order valence-electron chi connectivity index (χ0n) is 14.2. The van der Waals surface area contributed by atoms with Gasteiger partial charge in [0.25, 0.3) is 5.91 Å². The third-order valence-electron chi connectivity index (χ3n) is 3.66. The predicted molar refractivity (Wildman–Crippen MR) is 100.0 cm³/mol. The number of hydrazine groups is 1. The van der Waals surface area contributed by atoms with Crippen molar-refractivity contribution >= 4 is 27.7 Å². The summed E-state index contributed by atoms with van der Waals surface area (Å²) in [6.07, 6.45) is -0.452. The summed E-state index contributed by atoms with van der Waals surface area (Å²) in [5.74, 6) is -0.0328.